The third-order valence-corrected chi connectivity index (χ3v) is 6.72. The summed E-state index contributed by atoms with van der Waals surface area (Å²) >= 11 is 0. The molecule has 38 heavy (non-hydrogen) atoms. The first kappa shape index (κ1) is 26.7. The largest absolute Gasteiger partial charge is 0.508 e. The third kappa shape index (κ3) is 7.35. The van der Waals surface area contributed by atoms with Gasteiger partial charge in [-0.05, 0) is 78.4 Å². The summed E-state index contributed by atoms with van der Waals surface area (Å²) in [6.07, 6.45) is 5.41. The number of carboxylic acids is 1. The maximum atomic E-state index is 13.3. The van der Waals surface area contributed by atoms with Crippen LogP contribution in [-0.2, 0) is 11.3 Å². The predicted molar refractivity (Wildman–Crippen MR) is 144 cm³/mol. The number of hydrogen-bond acceptors (Lipinski definition) is 5. The van der Waals surface area contributed by atoms with Gasteiger partial charge in [0.25, 0.3) is 5.91 Å². The lowest BCUT2D eigenvalue weighted by atomic mass is 9.84. The first-order valence-corrected chi connectivity index (χ1v) is 12.9. The summed E-state index contributed by atoms with van der Waals surface area (Å²) in [5.41, 5.74) is 2.91. The summed E-state index contributed by atoms with van der Waals surface area (Å²) in [5, 5.41) is 20.9. The second kappa shape index (κ2) is 12.8. The van der Waals surface area contributed by atoms with Crippen LogP contribution in [0.15, 0.2) is 72.8 Å². The SMILES string of the molecule is O=C(O)CCNC(=O)c1ccc(N(Cc2ccc(O)cc2)C(=O)Oc2ccc(C3CCCCC3)cc2)cc1. The molecule has 0 aliphatic heterocycles. The molecule has 198 valence electrons. The highest BCUT2D eigenvalue weighted by atomic mass is 16.6. The number of phenolic OH excluding ortho intramolecular Hbond substituents is 1. The fourth-order valence-corrected chi connectivity index (χ4v) is 4.62. The molecule has 3 aromatic carbocycles. The van der Waals surface area contributed by atoms with E-state index in [9.17, 15) is 19.5 Å². The minimum Gasteiger partial charge on any atom is -0.508 e. The van der Waals surface area contributed by atoms with Crippen LogP contribution in [0.25, 0.3) is 0 Å². The van der Waals surface area contributed by atoms with Crippen molar-refractivity contribution < 1.29 is 29.3 Å². The van der Waals surface area contributed by atoms with E-state index in [1.807, 2.05) is 24.3 Å². The van der Waals surface area contributed by atoms with Crippen molar-refractivity contribution in [2.24, 2.45) is 0 Å². The summed E-state index contributed by atoms with van der Waals surface area (Å²) in [6, 6.07) is 20.7. The third-order valence-electron chi connectivity index (χ3n) is 6.72. The molecule has 3 aromatic rings. The molecule has 0 radical (unpaired) electrons. The van der Waals surface area contributed by atoms with Gasteiger partial charge < -0.3 is 20.3 Å². The van der Waals surface area contributed by atoms with Crippen molar-refractivity contribution in [3.05, 3.63) is 89.5 Å². The fourth-order valence-electron chi connectivity index (χ4n) is 4.62. The molecule has 0 saturated heterocycles. The van der Waals surface area contributed by atoms with Crippen molar-refractivity contribution in [1.29, 1.82) is 0 Å². The molecule has 0 atom stereocenters. The zero-order valence-electron chi connectivity index (χ0n) is 21.1. The van der Waals surface area contributed by atoms with Gasteiger partial charge in [-0.2, -0.15) is 0 Å². The van der Waals surface area contributed by atoms with Crippen molar-refractivity contribution in [2.45, 2.75) is 51.0 Å². The lowest BCUT2D eigenvalue weighted by molar-refractivity contribution is -0.136. The highest BCUT2D eigenvalue weighted by Crippen LogP contribution is 2.33. The Morgan fingerprint density at radius 1 is 0.868 bits per heavy atom. The molecule has 3 N–H and O–H groups in total. The number of anilines is 1. The lowest BCUT2D eigenvalue weighted by Crippen LogP contribution is -2.33. The second-order valence-corrected chi connectivity index (χ2v) is 9.47. The van der Waals surface area contributed by atoms with Gasteiger partial charge in [0.2, 0.25) is 0 Å². The van der Waals surface area contributed by atoms with Gasteiger partial charge in [-0.15, -0.1) is 0 Å². The number of amides is 2. The Bertz CT molecular complexity index is 1230. The molecular formula is C30H32N2O6. The van der Waals surface area contributed by atoms with Gasteiger partial charge in [0.15, 0.2) is 0 Å². The summed E-state index contributed by atoms with van der Waals surface area (Å²) in [5.74, 6) is -0.269. The zero-order chi connectivity index (χ0) is 26.9. The fraction of sp³-hybridized carbons (Fsp3) is 0.300. The van der Waals surface area contributed by atoms with Gasteiger partial charge in [-0.1, -0.05) is 43.5 Å². The van der Waals surface area contributed by atoms with Crippen LogP contribution in [-0.4, -0.2) is 34.7 Å². The van der Waals surface area contributed by atoms with Crippen LogP contribution in [0, 0.1) is 0 Å². The van der Waals surface area contributed by atoms with Crippen molar-refractivity contribution >= 4 is 23.7 Å². The minimum atomic E-state index is -0.993. The maximum absolute atomic E-state index is 13.3. The topological polar surface area (TPSA) is 116 Å². The number of hydrogen-bond donors (Lipinski definition) is 3. The molecule has 0 bridgehead atoms. The van der Waals surface area contributed by atoms with E-state index >= 15 is 0 Å². The Hall–Kier alpha value is -4.33. The minimum absolute atomic E-state index is 0.0226. The Morgan fingerprint density at radius 3 is 2.16 bits per heavy atom. The van der Waals surface area contributed by atoms with E-state index in [4.69, 9.17) is 9.84 Å². The lowest BCUT2D eigenvalue weighted by Gasteiger charge is -2.23. The summed E-state index contributed by atoms with van der Waals surface area (Å²) in [6.45, 7) is 0.207. The molecule has 0 unspecified atom stereocenters. The normalized spacial score (nSPS) is 13.5. The Balaban J connectivity index is 1.49. The van der Waals surface area contributed by atoms with Crippen molar-refractivity contribution in [3.8, 4) is 11.5 Å². The number of nitrogens with one attached hydrogen (secondary N) is 1. The quantitative estimate of drug-likeness (QED) is 0.329. The van der Waals surface area contributed by atoms with E-state index in [1.54, 1.807) is 48.5 Å². The monoisotopic (exact) mass is 516 g/mol. The first-order valence-electron chi connectivity index (χ1n) is 12.9. The molecule has 8 heteroatoms. The van der Waals surface area contributed by atoms with Gasteiger partial charge >= 0.3 is 12.1 Å². The van der Waals surface area contributed by atoms with Gasteiger partial charge in [-0.25, -0.2) is 4.79 Å². The Kier molecular flexibility index (Phi) is 8.98. The molecule has 0 heterocycles. The number of ether oxygens (including phenoxy) is 1. The van der Waals surface area contributed by atoms with Crippen LogP contribution >= 0.6 is 0 Å². The summed E-state index contributed by atoms with van der Waals surface area (Å²) < 4.78 is 5.73. The molecule has 1 saturated carbocycles. The highest BCUT2D eigenvalue weighted by Gasteiger charge is 2.21. The average molecular weight is 517 g/mol. The molecular weight excluding hydrogens is 484 g/mol. The molecule has 1 fully saturated rings. The number of rotatable bonds is 9. The van der Waals surface area contributed by atoms with Crippen LogP contribution in [0.5, 0.6) is 11.5 Å². The number of carbonyl (C=O) groups excluding carboxylic acids is 2. The van der Waals surface area contributed by atoms with E-state index in [1.165, 1.54) is 42.6 Å². The molecule has 4 rings (SSSR count). The highest BCUT2D eigenvalue weighted by molar-refractivity contribution is 5.95. The predicted octanol–water partition coefficient (Wildman–Crippen LogP) is 5.85. The zero-order valence-corrected chi connectivity index (χ0v) is 21.1. The smallest absolute Gasteiger partial charge is 0.420 e. The van der Waals surface area contributed by atoms with E-state index in [0.29, 0.717) is 22.9 Å². The molecule has 2 amide bonds. The molecule has 1 aliphatic rings. The van der Waals surface area contributed by atoms with Gasteiger partial charge in [0, 0.05) is 17.8 Å². The van der Waals surface area contributed by atoms with Crippen LogP contribution < -0.4 is 15.0 Å². The number of carboxylic acid groups (broad SMARTS) is 1. The first-order chi connectivity index (χ1) is 18.4. The molecule has 0 spiro atoms. The van der Waals surface area contributed by atoms with Crippen molar-refractivity contribution in [1.82, 2.24) is 5.32 Å². The van der Waals surface area contributed by atoms with Gasteiger partial charge in [0.1, 0.15) is 11.5 Å². The standard InChI is InChI=1S/C30H32N2O6/c33-26-14-6-21(7-15-26)20-32(25-12-8-24(9-13-25)29(36)31-19-18-28(34)35)30(37)38-27-16-10-23(11-17-27)22-4-2-1-3-5-22/h6-17,22,33H,1-5,18-20H2,(H,31,36)(H,34,35). The summed E-state index contributed by atoms with van der Waals surface area (Å²) in [7, 11) is 0. The Labute approximate surface area is 221 Å². The number of benzene rings is 3. The maximum Gasteiger partial charge on any atom is 0.420 e. The van der Waals surface area contributed by atoms with Crippen molar-refractivity contribution in [2.75, 3.05) is 11.4 Å². The number of aliphatic carboxylic acids is 1. The molecule has 8 nitrogen and oxygen atoms in total. The summed E-state index contributed by atoms with van der Waals surface area (Å²) in [4.78, 5) is 37.8. The van der Waals surface area contributed by atoms with Crippen LogP contribution in [0.1, 0.15) is 65.9 Å². The second-order valence-electron chi connectivity index (χ2n) is 9.47. The van der Waals surface area contributed by atoms with E-state index < -0.39 is 18.0 Å². The van der Waals surface area contributed by atoms with Crippen LogP contribution in [0.2, 0.25) is 0 Å². The number of phenols is 1. The van der Waals surface area contributed by atoms with Crippen LogP contribution in [0.3, 0.4) is 0 Å². The average Bonchev–Trinajstić information content (AvgIpc) is 2.93. The van der Waals surface area contributed by atoms with Gasteiger partial charge in [-0.3, -0.25) is 14.5 Å². The van der Waals surface area contributed by atoms with Crippen molar-refractivity contribution in [3.63, 3.8) is 0 Å². The van der Waals surface area contributed by atoms with Gasteiger partial charge in [0.05, 0.1) is 13.0 Å². The number of carbonyl (C=O) groups is 3. The van der Waals surface area contributed by atoms with E-state index in [2.05, 4.69) is 5.32 Å². The molecule has 0 aromatic heterocycles. The van der Waals surface area contributed by atoms with E-state index in [0.717, 1.165) is 5.56 Å². The number of aromatic hydroxyl groups is 1. The molecule has 1 aliphatic carbocycles. The number of nitrogens with zero attached hydrogens (tertiary/aromatic N) is 1. The Morgan fingerprint density at radius 2 is 1.53 bits per heavy atom. The van der Waals surface area contributed by atoms with E-state index in [-0.39, 0.29) is 25.3 Å². The van der Waals surface area contributed by atoms with Crippen LogP contribution in [0.4, 0.5) is 10.5 Å².